The molecule has 94 valence electrons. The highest BCUT2D eigenvalue weighted by Crippen LogP contribution is 2.19. The molecule has 2 aromatic carbocycles. The molecule has 0 aliphatic rings. The lowest BCUT2D eigenvalue weighted by Gasteiger charge is -2.07. The van der Waals surface area contributed by atoms with E-state index in [0.717, 1.165) is 10.9 Å². The van der Waals surface area contributed by atoms with E-state index in [-0.39, 0.29) is 11.6 Å². The van der Waals surface area contributed by atoms with Crippen LogP contribution in [0, 0.1) is 5.82 Å². The Morgan fingerprint density at radius 2 is 1.89 bits per heavy atom. The molecule has 4 heteroatoms. The van der Waals surface area contributed by atoms with Crippen LogP contribution in [-0.2, 0) is 0 Å². The molecule has 1 amide bonds. The molecule has 1 aromatic heterocycles. The van der Waals surface area contributed by atoms with Crippen LogP contribution in [0.2, 0.25) is 0 Å². The summed E-state index contributed by atoms with van der Waals surface area (Å²) in [4.78, 5) is 15.2. The number of fused-ring (bicyclic) bond motifs is 1. The predicted molar refractivity (Wildman–Crippen MR) is 72.7 cm³/mol. The summed E-state index contributed by atoms with van der Waals surface area (Å²) < 4.78 is 13.5. The minimum atomic E-state index is -0.450. The third-order valence-corrected chi connectivity index (χ3v) is 2.95. The summed E-state index contributed by atoms with van der Waals surface area (Å²) >= 11 is 0. The average molecular weight is 254 g/mol. The second-order valence-corrected chi connectivity index (χ2v) is 4.18. The Kier molecular flexibility index (Phi) is 2.76. The molecule has 0 aliphatic heterocycles. The number of rotatable bonds is 2. The first-order valence-electron chi connectivity index (χ1n) is 5.88. The molecule has 0 saturated heterocycles. The number of para-hydroxylation sites is 2. The van der Waals surface area contributed by atoms with Gasteiger partial charge < -0.3 is 10.3 Å². The number of carbonyl (C=O) groups excluding carboxylic acids is 1. The molecule has 0 unspecified atom stereocenters. The first kappa shape index (κ1) is 11.5. The summed E-state index contributed by atoms with van der Waals surface area (Å²) in [5, 5.41) is 3.52. The second kappa shape index (κ2) is 4.57. The zero-order valence-electron chi connectivity index (χ0n) is 9.98. The normalized spacial score (nSPS) is 10.6. The summed E-state index contributed by atoms with van der Waals surface area (Å²) in [6.45, 7) is 0. The smallest absolute Gasteiger partial charge is 0.257 e. The molecule has 19 heavy (non-hydrogen) atoms. The number of carbonyl (C=O) groups is 1. The second-order valence-electron chi connectivity index (χ2n) is 4.18. The van der Waals surface area contributed by atoms with Crippen molar-refractivity contribution in [1.29, 1.82) is 0 Å². The van der Waals surface area contributed by atoms with Crippen LogP contribution in [0.15, 0.2) is 54.7 Å². The average Bonchev–Trinajstić information content (AvgIpc) is 2.89. The van der Waals surface area contributed by atoms with Crippen molar-refractivity contribution >= 4 is 22.5 Å². The Bertz CT molecular complexity index is 748. The van der Waals surface area contributed by atoms with Crippen LogP contribution in [0.5, 0.6) is 0 Å². The topological polar surface area (TPSA) is 44.9 Å². The first-order chi connectivity index (χ1) is 9.25. The van der Waals surface area contributed by atoms with Gasteiger partial charge in [-0.1, -0.05) is 24.3 Å². The van der Waals surface area contributed by atoms with E-state index in [2.05, 4.69) is 10.3 Å². The molecular weight excluding hydrogens is 243 g/mol. The third kappa shape index (κ3) is 2.08. The molecule has 0 radical (unpaired) electrons. The van der Waals surface area contributed by atoms with Gasteiger partial charge in [0, 0.05) is 11.6 Å². The number of hydrogen-bond acceptors (Lipinski definition) is 1. The highest BCUT2D eigenvalue weighted by molar-refractivity contribution is 6.12. The molecule has 0 aliphatic carbocycles. The quantitative estimate of drug-likeness (QED) is 0.721. The van der Waals surface area contributed by atoms with E-state index >= 15 is 0 Å². The van der Waals surface area contributed by atoms with Gasteiger partial charge in [-0.2, -0.15) is 0 Å². The van der Waals surface area contributed by atoms with Crippen LogP contribution >= 0.6 is 0 Å². The molecule has 0 fully saturated rings. The van der Waals surface area contributed by atoms with E-state index in [1.807, 2.05) is 12.1 Å². The Morgan fingerprint density at radius 3 is 2.74 bits per heavy atom. The highest BCUT2D eigenvalue weighted by atomic mass is 19.1. The van der Waals surface area contributed by atoms with Crippen LogP contribution in [0.3, 0.4) is 0 Å². The Balaban J connectivity index is 1.97. The van der Waals surface area contributed by atoms with Crippen LogP contribution in [0.4, 0.5) is 10.1 Å². The first-order valence-corrected chi connectivity index (χ1v) is 5.88. The van der Waals surface area contributed by atoms with Crippen LogP contribution in [-0.4, -0.2) is 10.9 Å². The number of benzene rings is 2. The van der Waals surface area contributed by atoms with Gasteiger partial charge in [-0.15, -0.1) is 0 Å². The largest absolute Gasteiger partial charge is 0.361 e. The highest BCUT2D eigenvalue weighted by Gasteiger charge is 2.12. The third-order valence-electron chi connectivity index (χ3n) is 2.95. The van der Waals surface area contributed by atoms with Crippen LogP contribution < -0.4 is 5.32 Å². The number of aromatic amines is 1. The van der Waals surface area contributed by atoms with Gasteiger partial charge in [0.2, 0.25) is 0 Å². The molecule has 0 bridgehead atoms. The summed E-state index contributed by atoms with van der Waals surface area (Å²) in [5.41, 5.74) is 1.41. The van der Waals surface area contributed by atoms with Gasteiger partial charge in [0.25, 0.3) is 5.91 Å². The van der Waals surface area contributed by atoms with Crippen LogP contribution in [0.1, 0.15) is 10.4 Å². The van der Waals surface area contributed by atoms with Crippen molar-refractivity contribution in [2.45, 2.75) is 0 Å². The molecule has 0 saturated carbocycles. The van der Waals surface area contributed by atoms with Crippen molar-refractivity contribution in [3.63, 3.8) is 0 Å². The number of amides is 1. The minimum Gasteiger partial charge on any atom is -0.361 e. The zero-order valence-corrected chi connectivity index (χ0v) is 9.98. The van der Waals surface area contributed by atoms with E-state index in [1.54, 1.807) is 30.5 Å². The molecular formula is C15H11FN2O. The fourth-order valence-electron chi connectivity index (χ4n) is 2.03. The molecule has 2 N–H and O–H groups in total. The summed E-state index contributed by atoms with van der Waals surface area (Å²) in [5.74, 6) is -0.785. The van der Waals surface area contributed by atoms with Gasteiger partial charge in [-0.05, 0) is 24.3 Å². The van der Waals surface area contributed by atoms with Crippen molar-refractivity contribution in [1.82, 2.24) is 4.98 Å². The van der Waals surface area contributed by atoms with Gasteiger partial charge in [-0.3, -0.25) is 4.79 Å². The van der Waals surface area contributed by atoms with E-state index in [0.29, 0.717) is 5.56 Å². The van der Waals surface area contributed by atoms with Gasteiger partial charge in [0.05, 0.1) is 16.8 Å². The maximum atomic E-state index is 13.5. The zero-order chi connectivity index (χ0) is 13.2. The predicted octanol–water partition coefficient (Wildman–Crippen LogP) is 3.56. The lowest BCUT2D eigenvalue weighted by atomic mass is 10.1. The number of anilines is 1. The number of aromatic nitrogens is 1. The van der Waals surface area contributed by atoms with E-state index < -0.39 is 5.82 Å². The van der Waals surface area contributed by atoms with E-state index in [1.165, 1.54) is 12.1 Å². The maximum absolute atomic E-state index is 13.5. The molecule has 3 rings (SSSR count). The molecule has 1 heterocycles. The monoisotopic (exact) mass is 254 g/mol. The lowest BCUT2D eigenvalue weighted by Crippen LogP contribution is -2.13. The summed E-state index contributed by atoms with van der Waals surface area (Å²) in [6.07, 6.45) is 1.77. The van der Waals surface area contributed by atoms with Gasteiger partial charge in [-0.25, -0.2) is 4.39 Å². The van der Waals surface area contributed by atoms with Crippen molar-refractivity contribution in [3.05, 3.63) is 66.1 Å². The summed E-state index contributed by atoms with van der Waals surface area (Å²) in [6, 6.07) is 13.4. The van der Waals surface area contributed by atoms with Crippen molar-refractivity contribution < 1.29 is 9.18 Å². The van der Waals surface area contributed by atoms with Crippen LogP contribution in [0.25, 0.3) is 10.9 Å². The molecule has 3 nitrogen and oxygen atoms in total. The Morgan fingerprint density at radius 1 is 1.05 bits per heavy atom. The minimum absolute atomic E-state index is 0.177. The fourth-order valence-corrected chi connectivity index (χ4v) is 2.03. The van der Waals surface area contributed by atoms with Gasteiger partial charge in [0.15, 0.2) is 0 Å². The Hall–Kier alpha value is -2.62. The summed E-state index contributed by atoms with van der Waals surface area (Å²) in [7, 11) is 0. The number of nitrogens with one attached hydrogen (secondary N) is 2. The number of H-pyrrole nitrogens is 1. The van der Waals surface area contributed by atoms with Crippen molar-refractivity contribution in [2.24, 2.45) is 0 Å². The standard InChI is InChI=1S/C15H11FN2O/c16-12-6-1-2-7-13(12)18-15(19)11-5-3-4-10-8-9-17-14(10)11/h1-9,17H,(H,18,19). The Labute approximate surface area is 109 Å². The molecule has 0 spiro atoms. The SMILES string of the molecule is O=C(Nc1ccccc1F)c1cccc2cc[nH]c12. The maximum Gasteiger partial charge on any atom is 0.257 e. The number of hydrogen-bond donors (Lipinski definition) is 2. The van der Waals surface area contributed by atoms with Gasteiger partial charge in [0.1, 0.15) is 5.82 Å². The number of halogens is 1. The fraction of sp³-hybridized carbons (Fsp3) is 0. The molecule has 3 aromatic rings. The van der Waals surface area contributed by atoms with E-state index in [4.69, 9.17) is 0 Å². The lowest BCUT2D eigenvalue weighted by molar-refractivity contribution is 0.102. The van der Waals surface area contributed by atoms with Gasteiger partial charge >= 0.3 is 0 Å². The van der Waals surface area contributed by atoms with Crippen molar-refractivity contribution in [3.8, 4) is 0 Å². The van der Waals surface area contributed by atoms with Crippen molar-refractivity contribution in [2.75, 3.05) is 5.32 Å². The molecule has 0 atom stereocenters. The van der Waals surface area contributed by atoms with E-state index in [9.17, 15) is 9.18 Å².